The van der Waals surface area contributed by atoms with Crippen LogP contribution in [0.4, 0.5) is 5.95 Å². The highest BCUT2D eigenvalue weighted by Gasteiger charge is 2.28. The van der Waals surface area contributed by atoms with Gasteiger partial charge in [-0.15, -0.1) is 0 Å². The molecule has 4 rings (SSSR count). The predicted molar refractivity (Wildman–Crippen MR) is 144 cm³/mol. The number of aryl methyl sites for hydroxylation is 2. The highest BCUT2D eigenvalue weighted by atomic mass is 16.5. The van der Waals surface area contributed by atoms with Crippen LogP contribution in [0.5, 0.6) is 5.75 Å². The summed E-state index contributed by atoms with van der Waals surface area (Å²) < 4.78 is 12.4. The zero-order valence-corrected chi connectivity index (χ0v) is 22.1. The zero-order valence-electron chi connectivity index (χ0n) is 22.1. The number of ether oxygens (including phenoxy) is 2. The molecule has 8 heteroatoms. The number of hydrogen-bond donors (Lipinski definition) is 1. The number of rotatable bonds is 10. The second-order valence-corrected chi connectivity index (χ2v) is 9.60. The molecule has 1 N–H and O–H groups in total. The molecule has 1 saturated carbocycles. The van der Waals surface area contributed by atoms with Crippen LogP contribution in [0.1, 0.15) is 36.8 Å². The third-order valence-electron chi connectivity index (χ3n) is 7.03. The summed E-state index contributed by atoms with van der Waals surface area (Å²) in [5.74, 6) is 0.886. The number of aromatic nitrogens is 2. The van der Waals surface area contributed by atoms with Gasteiger partial charge >= 0.3 is 0 Å². The summed E-state index contributed by atoms with van der Waals surface area (Å²) in [5.41, 5.74) is 4.84. The van der Waals surface area contributed by atoms with Crippen LogP contribution >= 0.6 is 0 Å². The largest absolute Gasteiger partial charge is 0.497 e. The van der Waals surface area contributed by atoms with Gasteiger partial charge in [-0.3, -0.25) is 19.5 Å². The molecule has 0 saturated heterocycles. The molecular formula is C29H36N4O4. The monoisotopic (exact) mass is 504 g/mol. The first-order chi connectivity index (χ1) is 17.9. The summed E-state index contributed by atoms with van der Waals surface area (Å²) in [5, 5.41) is 2.96. The van der Waals surface area contributed by atoms with Crippen molar-refractivity contribution in [3.63, 3.8) is 0 Å². The van der Waals surface area contributed by atoms with Crippen molar-refractivity contribution in [1.29, 1.82) is 0 Å². The molecule has 3 aromatic rings. The molecule has 1 heterocycles. The molecule has 1 aromatic heterocycles. The molecule has 8 nitrogen and oxygen atoms in total. The molecule has 1 aliphatic rings. The standard InChI is InChI=1S/C29H36N4O4/c1-20-9-12-24(17-21(20)2)33-18-26(22-10-13-25(37-4)14-11-22)30-29(33)31-27(34)19-32(15-16-36-3)28(35)23-7-5-6-8-23/h9-14,17-18,23H,5-8,15-16,19H2,1-4H3,(H,30,31,34). The number of anilines is 1. The van der Waals surface area contributed by atoms with Gasteiger partial charge in [-0.1, -0.05) is 18.9 Å². The summed E-state index contributed by atoms with van der Waals surface area (Å²) in [6.45, 7) is 4.83. The lowest BCUT2D eigenvalue weighted by Crippen LogP contribution is -2.42. The smallest absolute Gasteiger partial charge is 0.246 e. The lowest BCUT2D eigenvalue weighted by molar-refractivity contribution is -0.138. The van der Waals surface area contributed by atoms with Crippen LogP contribution in [0.3, 0.4) is 0 Å². The van der Waals surface area contributed by atoms with E-state index >= 15 is 0 Å². The van der Waals surface area contributed by atoms with E-state index in [4.69, 9.17) is 14.5 Å². The lowest BCUT2D eigenvalue weighted by atomic mass is 10.1. The number of amides is 2. The van der Waals surface area contributed by atoms with Crippen LogP contribution in [0.25, 0.3) is 16.9 Å². The molecule has 196 valence electrons. The van der Waals surface area contributed by atoms with Crippen molar-refractivity contribution < 1.29 is 19.1 Å². The van der Waals surface area contributed by atoms with Crippen molar-refractivity contribution in [2.24, 2.45) is 5.92 Å². The molecule has 1 aliphatic carbocycles. The van der Waals surface area contributed by atoms with Gasteiger partial charge in [0.15, 0.2) is 0 Å². The van der Waals surface area contributed by atoms with E-state index < -0.39 is 0 Å². The van der Waals surface area contributed by atoms with Gasteiger partial charge in [0.1, 0.15) is 12.3 Å². The number of carbonyl (C=O) groups is 2. The summed E-state index contributed by atoms with van der Waals surface area (Å²) in [6.07, 6.45) is 5.79. The van der Waals surface area contributed by atoms with Crippen molar-refractivity contribution in [3.8, 4) is 22.7 Å². The molecule has 0 atom stereocenters. The first-order valence-electron chi connectivity index (χ1n) is 12.8. The number of benzene rings is 2. The quantitative estimate of drug-likeness (QED) is 0.430. The molecular weight excluding hydrogens is 468 g/mol. The van der Waals surface area contributed by atoms with Crippen molar-refractivity contribution in [1.82, 2.24) is 14.5 Å². The number of imidazole rings is 1. The predicted octanol–water partition coefficient (Wildman–Crippen LogP) is 4.77. The maximum absolute atomic E-state index is 13.2. The number of methoxy groups -OCH3 is 2. The molecule has 37 heavy (non-hydrogen) atoms. The van der Waals surface area contributed by atoms with Crippen LogP contribution in [-0.2, 0) is 14.3 Å². The summed E-state index contributed by atoms with van der Waals surface area (Å²) >= 11 is 0. The highest BCUT2D eigenvalue weighted by molar-refractivity contribution is 5.94. The molecule has 2 amide bonds. The molecule has 1 fully saturated rings. The first kappa shape index (κ1) is 26.4. The Balaban J connectivity index is 1.61. The van der Waals surface area contributed by atoms with Gasteiger partial charge in [0.05, 0.1) is 19.4 Å². The van der Waals surface area contributed by atoms with E-state index in [0.717, 1.165) is 53.9 Å². The molecule has 0 bridgehead atoms. The van der Waals surface area contributed by atoms with Gasteiger partial charge in [-0.2, -0.15) is 0 Å². The molecule has 0 aliphatic heterocycles. The van der Waals surface area contributed by atoms with Gasteiger partial charge in [-0.05, 0) is 74.2 Å². The molecule has 0 radical (unpaired) electrons. The molecule has 0 unspecified atom stereocenters. The highest BCUT2D eigenvalue weighted by Crippen LogP contribution is 2.28. The fourth-order valence-electron chi connectivity index (χ4n) is 4.68. The van der Waals surface area contributed by atoms with Crippen molar-refractivity contribution in [2.75, 3.05) is 39.2 Å². The fourth-order valence-corrected chi connectivity index (χ4v) is 4.68. The zero-order chi connectivity index (χ0) is 26.4. The fraction of sp³-hybridized carbons (Fsp3) is 0.414. The number of nitrogens with zero attached hydrogens (tertiary/aromatic N) is 3. The van der Waals surface area contributed by atoms with E-state index in [1.54, 1.807) is 19.1 Å². The van der Waals surface area contributed by atoms with Crippen LogP contribution in [0.2, 0.25) is 0 Å². The maximum Gasteiger partial charge on any atom is 0.246 e. The van der Waals surface area contributed by atoms with Crippen LogP contribution in [-0.4, -0.2) is 60.2 Å². The van der Waals surface area contributed by atoms with Gasteiger partial charge in [0, 0.05) is 37.0 Å². The Bertz CT molecular complexity index is 1230. The Morgan fingerprint density at radius 3 is 2.43 bits per heavy atom. The Morgan fingerprint density at radius 2 is 1.78 bits per heavy atom. The molecule has 2 aromatic carbocycles. The second kappa shape index (κ2) is 12.1. The third kappa shape index (κ3) is 6.38. The second-order valence-electron chi connectivity index (χ2n) is 9.60. The van der Waals surface area contributed by atoms with Crippen LogP contribution < -0.4 is 10.1 Å². The Hall–Kier alpha value is -3.65. The summed E-state index contributed by atoms with van der Waals surface area (Å²) in [6, 6.07) is 13.8. The van der Waals surface area contributed by atoms with E-state index in [-0.39, 0.29) is 24.3 Å². The SMILES string of the molecule is COCCN(CC(=O)Nc1nc(-c2ccc(OC)cc2)cn1-c1ccc(C)c(C)c1)C(=O)C1CCCC1. The van der Waals surface area contributed by atoms with Gasteiger partial charge < -0.3 is 14.4 Å². The minimum absolute atomic E-state index is 0.0103. The van der Waals surface area contributed by atoms with Crippen LogP contribution in [0, 0.1) is 19.8 Å². The first-order valence-corrected chi connectivity index (χ1v) is 12.8. The Kier molecular flexibility index (Phi) is 8.61. The van der Waals surface area contributed by atoms with Gasteiger partial charge in [-0.25, -0.2) is 4.98 Å². The topological polar surface area (TPSA) is 85.7 Å². The number of nitrogens with one attached hydrogen (secondary N) is 1. The minimum atomic E-state index is -0.292. The average molecular weight is 505 g/mol. The van der Waals surface area contributed by atoms with Crippen molar-refractivity contribution in [3.05, 3.63) is 59.8 Å². The number of carbonyl (C=O) groups excluding carboxylic acids is 2. The van der Waals surface area contributed by atoms with E-state index in [1.165, 1.54) is 5.56 Å². The normalized spacial score (nSPS) is 13.5. The van der Waals surface area contributed by atoms with Crippen molar-refractivity contribution in [2.45, 2.75) is 39.5 Å². The Labute approximate surface area is 218 Å². The van der Waals surface area contributed by atoms with Gasteiger partial charge in [0.2, 0.25) is 17.8 Å². The minimum Gasteiger partial charge on any atom is -0.497 e. The van der Waals surface area contributed by atoms with E-state index in [9.17, 15) is 9.59 Å². The summed E-state index contributed by atoms with van der Waals surface area (Å²) in [7, 11) is 3.23. The van der Waals surface area contributed by atoms with E-state index in [1.807, 2.05) is 41.1 Å². The van der Waals surface area contributed by atoms with E-state index in [0.29, 0.717) is 19.1 Å². The average Bonchev–Trinajstić information content (AvgIpc) is 3.59. The summed E-state index contributed by atoms with van der Waals surface area (Å²) in [4.78, 5) is 32.7. The lowest BCUT2D eigenvalue weighted by Gasteiger charge is -2.25. The van der Waals surface area contributed by atoms with Crippen molar-refractivity contribution >= 4 is 17.8 Å². The molecule has 0 spiro atoms. The Morgan fingerprint density at radius 1 is 1.05 bits per heavy atom. The number of hydrogen-bond acceptors (Lipinski definition) is 5. The third-order valence-corrected chi connectivity index (χ3v) is 7.03. The van der Waals surface area contributed by atoms with E-state index in [2.05, 4.69) is 31.3 Å². The maximum atomic E-state index is 13.2. The van der Waals surface area contributed by atoms with Crippen LogP contribution in [0.15, 0.2) is 48.7 Å². The van der Waals surface area contributed by atoms with Gasteiger partial charge in [0.25, 0.3) is 0 Å².